The fourth-order valence-electron chi connectivity index (χ4n) is 2.15. The summed E-state index contributed by atoms with van der Waals surface area (Å²) in [7, 11) is 0. The lowest BCUT2D eigenvalue weighted by molar-refractivity contribution is -0.163. The molecule has 2 aliphatic rings. The average Bonchev–Trinajstić information content (AvgIpc) is 2.27. The zero-order chi connectivity index (χ0) is 11.9. The van der Waals surface area contributed by atoms with Crippen molar-refractivity contribution in [3.63, 3.8) is 0 Å². The summed E-state index contributed by atoms with van der Waals surface area (Å²) >= 11 is 1.77. The molecule has 0 spiro atoms. The number of ether oxygens (including phenoxy) is 1. The Labute approximate surface area is 103 Å². The molecule has 4 nitrogen and oxygen atoms in total. The molecule has 1 aromatic carbocycles. The number of hydrogen-bond acceptors (Lipinski definition) is 4. The van der Waals surface area contributed by atoms with Crippen molar-refractivity contribution >= 4 is 23.4 Å². The van der Waals surface area contributed by atoms with Crippen LogP contribution in [0.5, 0.6) is 0 Å². The third kappa shape index (κ3) is 1.61. The Bertz CT molecular complexity index is 471. The van der Waals surface area contributed by atoms with Gasteiger partial charge in [0, 0.05) is 22.9 Å². The Morgan fingerprint density at radius 3 is 2.94 bits per heavy atom. The van der Waals surface area contributed by atoms with E-state index in [-0.39, 0.29) is 13.2 Å². The molecule has 17 heavy (non-hydrogen) atoms. The van der Waals surface area contributed by atoms with Gasteiger partial charge in [0.25, 0.3) is 0 Å². The Morgan fingerprint density at radius 2 is 2.29 bits per heavy atom. The van der Waals surface area contributed by atoms with Crippen LogP contribution in [0.3, 0.4) is 0 Å². The van der Waals surface area contributed by atoms with E-state index in [2.05, 4.69) is 5.32 Å². The molecule has 0 radical (unpaired) electrons. The number of nitrogens with one attached hydrogen (secondary N) is 1. The van der Waals surface area contributed by atoms with Crippen molar-refractivity contribution in [3.8, 4) is 0 Å². The minimum Gasteiger partial charge on any atom is -0.480 e. The first-order chi connectivity index (χ1) is 8.22. The third-order valence-electron chi connectivity index (χ3n) is 3.32. The van der Waals surface area contributed by atoms with Gasteiger partial charge in [0.2, 0.25) is 0 Å². The number of carboxylic acid groups (broad SMARTS) is 1. The number of carboxylic acids is 1. The van der Waals surface area contributed by atoms with Gasteiger partial charge in [-0.3, -0.25) is 4.79 Å². The minimum atomic E-state index is -0.826. The second-order valence-corrected chi connectivity index (χ2v) is 5.50. The first kappa shape index (κ1) is 10.9. The van der Waals surface area contributed by atoms with E-state index in [4.69, 9.17) is 4.74 Å². The highest BCUT2D eigenvalue weighted by molar-refractivity contribution is 7.99. The second-order valence-electron chi connectivity index (χ2n) is 4.37. The summed E-state index contributed by atoms with van der Waals surface area (Å²) in [6.45, 7) is 1.52. The Morgan fingerprint density at radius 1 is 1.47 bits per heavy atom. The van der Waals surface area contributed by atoms with Crippen LogP contribution >= 0.6 is 11.8 Å². The van der Waals surface area contributed by atoms with Crippen LogP contribution in [0.15, 0.2) is 23.1 Å². The molecule has 2 heterocycles. The highest BCUT2D eigenvalue weighted by atomic mass is 32.2. The average molecular weight is 251 g/mol. The molecule has 1 fully saturated rings. The predicted molar refractivity (Wildman–Crippen MR) is 65.8 cm³/mol. The minimum absolute atomic E-state index is 0.277. The van der Waals surface area contributed by atoms with Crippen molar-refractivity contribution in [2.75, 3.05) is 30.8 Å². The Hall–Kier alpha value is -1.20. The number of benzene rings is 1. The molecule has 0 unspecified atom stereocenters. The van der Waals surface area contributed by atoms with Gasteiger partial charge >= 0.3 is 5.97 Å². The van der Waals surface area contributed by atoms with E-state index in [1.165, 1.54) is 0 Å². The van der Waals surface area contributed by atoms with Gasteiger partial charge in [-0.2, -0.15) is 0 Å². The molecule has 0 saturated carbocycles. The number of thioether (sulfide) groups is 1. The lowest BCUT2D eigenvalue weighted by Gasteiger charge is -2.38. The molecule has 90 valence electrons. The smallest absolute Gasteiger partial charge is 0.318 e. The number of anilines is 1. The third-order valence-corrected chi connectivity index (χ3v) is 4.37. The van der Waals surface area contributed by atoms with Crippen LogP contribution in [0.25, 0.3) is 0 Å². The van der Waals surface area contributed by atoms with E-state index in [0.29, 0.717) is 0 Å². The van der Waals surface area contributed by atoms with Crippen molar-refractivity contribution in [1.29, 1.82) is 0 Å². The number of aliphatic carboxylic acids is 1. The van der Waals surface area contributed by atoms with Gasteiger partial charge < -0.3 is 15.2 Å². The molecule has 1 aromatic rings. The maximum Gasteiger partial charge on any atom is 0.318 e. The van der Waals surface area contributed by atoms with E-state index in [1.807, 2.05) is 18.2 Å². The first-order valence-corrected chi connectivity index (χ1v) is 6.53. The molecule has 0 aromatic heterocycles. The molecule has 2 aliphatic heterocycles. The standard InChI is InChI=1S/C12H13NO3S/c14-11(15)12(6-16-7-12)8-1-2-9-10(5-8)17-4-3-13-9/h1-2,5,13H,3-4,6-7H2,(H,14,15). The summed E-state index contributed by atoms with van der Waals surface area (Å²) < 4.78 is 5.09. The summed E-state index contributed by atoms with van der Waals surface area (Å²) in [5.74, 6) is 0.227. The molecular weight excluding hydrogens is 238 g/mol. The highest BCUT2D eigenvalue weighted by Crippen LogP contribution is 2.38. The highest BCUT2D eigenvalue weighted by Gasteiger charge is 2.48. The predicted octanol–water partition coefficient (Wildman–Crippen LogP) is 1.56. The number of rotatable bonds is 2. The molecule has 0 amide bonds. The monoisotopic (exact) mass is 251 g/mol. The van der Waals surface area contributed by atoms with Gasteiger partial charge in [0.05, 0.1) is 13.2 Å². The topological polar surface area (TPSA) is 58.6 Å². The molecule has 2 N–H and O–H groups in total. The van der Waals surface area contributed by atoms with Crippen LogP contribution in [0.4, 0.5) is 5.69 Å². The summed E-state index contributed by atoms with van der Waals surface area (Å²) in [5, 5.41) is 12.6. The van der Waals surface area contributed by atoms with Crippen molar-refractivity contribution in [1.82, 2.24) is 0 Å². The fourth-order valence-corrected chi connectivity index (χ4v) is 3.08. The van der Waals surface area contributed by atoms with Gasteiger partial charge in [0.1, 0.15) is 5.41 Å². The summed E-state index contributed by atoms with van der Waals surface area (Å²) in [6.07, 6.45) is 0. The first-order valence-electron chi connectivity index (χ1n) is 5.55. The van der Waals surface area contributed by atoms with Crippen molar-refractivity contribution in [2.45, 2.75) is 10.3 Å². The SMILES string of the molecule is O=C(O)C1(c2ccc3c(c2)SCCN3)COC1. The molecule has 1 saturated heterocycles. The van der Waals surface area contributed by atoms with E-state index in [0.717, 1.165) is 28.4 Å². The number of carbonyl (C=O) groups is 1. The van der Waals surface area contributed by atoms with Crippen LogP contribution in [0, 0.1) is 0 Å². The van der Waals surface area contributed by atoms with E-state index in [1.54, 1.807) is 11.8 Å². The van der Waals surface area contributed by atoms with Crippen LogP contribution in [-0.4, -0.2) is 36.6 Å². The lowest BCUT2D eigenvalue weighted by Crippen LogP contribution is -2.53. The normalized spacial score (nSPS) is 20.9. The molecule has 0 atom stereocenters. The quantitative estimate of drug-likeness (QED) is 0.835. The van der Waals surface area contributed by atoms with E-state index < -0.39 is 11.4 Å². The Balaban J connectivity index is 2.01. The molecule has 5 heteroatoms. The molecule has 3 rings (SSSR count). The maximum atomic E-state index is 11.4. The van der Waals surface area contributed by atoms with Crippen molar-refractivity contribution < 1.29 is 14.6 Å². The number of fused-ring (bicyclic) bond motifs is 1. The summed E-state index contributed by atoms with van der Waals surface area (Å²) in [4.78, 5) is 12.5. The zero-order valence-electron chi connectivity index (χ0n) is 9.23. The van der Waals surface area contributed by atoms with Gasteiger partial charge in [-0.1, -0.05) is 6.07 Å². The molecule has 0 aliphatic carbocycles. The summed E-state index contributed by atoms with van der Waals surface area (Å²) in [6, 6.07) is 5.86. The second kappa shape index (κ2) is 3.92. The van der Waals surface area contributed by atoms with Crippen LogP contribution in [-0.2, 0) is 14.9 Å². The zero-order valence-corrected chi connectivity index (χ0v) is 10.0. The Kier molecular flexibility index (Phi) is 2.52. The fraction of sp³-hybridized carbons (Fsp3) is 0.417. The summed E-state index contributed by atoms with van der Waals surface area (Å²) in [5.41, 5.74) is 1.13. The van der Waals surface area contributed by atoms with E-state index >= 15 is 0 Å². The number of hydrogen-bond donors (Lipinski definition) is 2. The molecular formula is C12H13NO3S. The van der Waals surface area contributed by atoms with Crippen LogP contribution in [0.1, 0.15) is 5.56 Å². The molecule has 0 bridgehead atoms. The largest absolute Gasteiger partial charge is 0.480 e. The van der Waals surface area contributed by atoms with Gasteiger partial charge in [-0.25, -0.2) is 0 Å². The van der Waals surface area contributed by atoms with Crippen LogP contribution < -0.4 is 5.32 Å². The van der Waals surface area contributed by atoms with Gasteiger partial charge in [-0.15, -0.1) is 11.8 Å². The van der Waals surface area contributed by atoms with Gasteiger partial charge in [0.15, 0.2) is 0 Å². The van der Waals surface area contributed by atoms with Crippen molar-refractivity contribution in [2.24, 2.45) is 0 Å². The van der Waals surface area contributed by atoms with E-state index in [9.17, 15) is 9.90 Å². The van der Waals surface area contributed by atoms with Crippen molar-refractivity contribution in [3.05, 3.63) is 23.8 Å². The lowest BCUT2D eigenvalue weighted by atomic mass is 9.78. The van der Waals surface area contributed by atoms with Gasteiger partial charge in [-0.05, 0) is 17.7 Å². The maximum absolute atomic E-state index is 11.4. The van der Waals surface area contributed by atoms with Crippen LogP contribution in [0.2, 0.25) is 0 Å².